The lowest BCUT2D eigenvalue weighted by Crippen LogP contribution is -2.41. The summed E-state index contributed by atoms with van der Waals surface area (Å²) < 4.78 is 43.3. The number of pyridine rings is 1. The molecule has 1 aliphatic rings. The Balaban J connectivity index is 1.50. The number of rotatable bonds is 4. The molecule has 0 spiro atoms. The number of nitrogens with zero attached hydrogens (tertiary/aromatic N) is 2. The van der Waals surface area contributed by atoms with Gasteiger partial charge in [0.2, 0.25) is 11.8 Å². The van der Waals surface area contributed by atoms with Gasteiger partial charge in [0.25, 0.3) is 0 Å². The summed E-state index contributed by atoms with van der Waals surface area (Å²) >= 11 is 6.06. The van der Waals surface area contributed by atoms with Gasteiger partial charge in [-0.05, 0) is 23.8 Å². The van der Waals surface area contributed by atoms with Gasteiger partial charge in [-0.2, -0.15) is 13.2 Å². The minimum Gasteiger partial charge on any atom is -0.474 e. The van der Waals surface area contributed by atoms with Crippen LogP contribution < -0.4 is 4.74 Å². The first-order chi connectivity index (χ1) is 13.3. The Morgan fingerprint density at radius 2 is 1.89 bits per heavy atom. The van der Waals surface area contributed by atoms with Crippen molar-refractivity contribution in [1.82, 2.24) is 9.88 Å². The predicted octanol–water partition coefficient (Wildman–Crippen LogP) is 4.84. The monoisotopic (exact) mass is 410 g/mol. The summed E-state index contributed by atoms with van der Waals surface area (Å²) in [5.41, 5.74) is -0.0466. The first-order valence-electron chi connectivity index (χ1n) is 8.74. The predicted molar refractivity (Wildman–Crippen MR) is 100.0 cm³/mol. The average molecular weight is 411 g/mol. The van der Waals surface area contributed by atoms with Gasteiger partial charge < -0.3 is 9.64 Å². The molecule has 28 heavy (non-hydrogen) atoms. The number of halogens is 4. The molecule has 1 aromatic heterocycles. The highest BCUT2D eigenvalue weighted by Gasteiger charge is 2.31. The van der Waals surface area contributed by atoms with E-state index in [-0.39, 0.29) is 17.9 Å². The maximum absolute atomic E-state index is 12.6. The summed E-state index contributed by atoms with van der Waals surface area (Å²) in [6.45, 7) is 0.994. The number of aromatic nitrogens is 1. The Hall–Kier alpha value is -2.54. The van der Waals surface area contributed by atoms with Gasteiger partial charge in [0.1, 0.15) is 6.10 Å². The lowest BCUT2D eigenvalue weighted by atomic mass is 10.1. The third-order valence-corrected chi connectivity index (χ3v) is 4.76. The van der Waals surface area contributed by atoms with Crippen LogP contribution in [-0.2, 0) is 11.0 Å². The van der Waals surface area contributed by atoms with Gasteiger partial charge in [-0.1, -0.05) is 29.8 Å². The SMILES string of the molecule is O=C(/C=C/c1ccccc1Cl)N1CCC(Oc2ccc(C(F)(F)F)cn2)CC1. The van der Waals surface area contributed by atoms with Crippen molar-refractivity contribution >= 4 is 23.6 Å². The number of benzene rings is 1. The molecule has 148 valence electrons. The van der Waals surface area contributed by atoms with Crippen LogP contribution in [-0.4, -0.2) is 35.0 Å². The number of alkyl halides is 3. The highest BCUT2D eigenvalue weighted by atomic mass is 35.5. The van der Waals surface area contributed by atoms with Crippen LogP contribution in [0.5, 0.6) is 5.88 Å². The van der Waals surface area contributed by atoms with Crippen LogP contribution in [0.3, 0.4) is 0 Å². The van der Waals surface area contributed by atoms with Crippen LogP contribution in [0.2, 0.25) is 5.02 Å². The molecule has 0 bridgehead atoms. The number of carbonyl (C=O) groups excluding carboxylic acids is 1. The van der Waals surface area contributed by atoms with E-state index in [2.05, 4.69) is 4.98 Å². The van der Waals surface area contributed by atoms with Gasteiger partial charge in [0.15, 0.2) is 0 Å². The van der Waals surface area contributed by atoms with E-state index in [1.165, 1.54) is 12.1 Å². The second-order valence-corrected chi connectivity index (χ2v) is 6.79. The highest BCUT2D eigenvalue weighted by molar-refractivity contribution is 6.32. The molecule has 0 atom stereocenters. The fourth-order valence-corrected chi connectivity index (χ4v) is 3.06. The summed E-state index contributed by atoms with van der Waals surface area (Å²) in [4.78, 5) is 17.7. The fraction of sp³-hybridized carbons (Fsp3) is 0.300. The van der Waals surface area contributed by atoms with Crippen LogP contribution >= 0.6 is 11.6 Å². The van der Waals surface area contributed by atoms with Gasteiger partial charge in [-0.3, -0.25) is 4.79 Å². The maximum atomic E-state index is 12.6. The zero-order valence-electron chi connectivity index (χ0n) is 14.8. The third kappa shape index (κ3) is 5.25. The summed E-state index contributed by atoms with van der Waals surface area (Å²) in [5.74, 6) is 0.0300. The quantitative estimate of drug-likeness (QED) is 0.677. The van der Waals surface area contributed by atoms with E-state index in [1.54, 1.807) is 17.0 Å². The molecule has 4 nitrogen and oxygen atoms in total. The molecule has 1 fully saturated rings. The average Bonchev–Trinajstić information content (AvgIpc) is 2.67. The molecule has 1 saturated heterocycles. The summed E-state index contributed by atoms with van der Waals surface area (Å²) in [6, 6.07) is 9.40. The van der Waals surface area contributed by atoms with Crippen LogP contribution in [0.4, 0.5) is 13.2 Å². The smallest absolute Gasteiger partial charge is 0.417 e. The standard InChI is InChI=1S/C20H18ClF3N2O2/c21-17-4-2-1-3-14(17)5-8-19(27)26-11-9-16(10-12-26)28-18-7-6-15(13-25-18)20(22,23)24/h1-8,13,16H,9-12H2/b8-5+. The van der Waals surface area contributed by atoms with Crippen molar-refractivity contribution in [3.8, 4) is 5.88 Å². The van der Waals surface area contributed by atoms with E-state index in [0.717, 1.165) is 17.8 Å². The number of amides is 1. The number of likely N-dealkylation sites (tertiary alicyclic amines) is 1. The van der Waals surface area contributed by atoms with Crippen molar-refractivity contribution in [2.45, 2.75) is 25.1 Å². The molecule has 0 radical (unpaired) electrons. The van der Waals surface area contributed by atoms with Crippen LogP contribution in [0.25, 0.3) is 6.08 Å². The van der Waals surface area contributed by atoms with Crippen LogP contribution in [0.15, 0.2) is 48.7 Å². The van der Waals surface area contributed by atoms with Crippen LogP contribution in [0, 0.1) is 0 Å². The van der Waals surface area contributed by atoms with Crippen molar-refractivity contribution in [2.24, 2.45) is 0 Å². The third-order valence-electron chi connectivity index (χ3n) is 4.42. The minimum absolute atomic E-state index is 0.119. The normalized spacial score (nSPS) is 15.8. The van der Waals surface area contributed by atoms with E-state index < -0.39 is 11.7 Å². The molecule has 1 aliphatic heterocycles. The lowest BCUT2D eigenvalue weighted by Gasteiger charge is -2.31. The number of piperidine rings is 1. The van der Waals surface area contributed by atoms with E-state index >= 15 is 0 Å². The number of hydrogen-bond donors (Lipinski definition) is 0. The molecule has 2 heterocycles. The zero-order valence-corrected chi connectivity index (χ0v) is 15.6. The van der Waals surface area contributed by atoms with E-state index in [0.29, 0.717) is 31.0 Å². The fourth-order valence-electron chi connectivity index (χ4n) is 2.86. The lowest BCUT2D eigenvalue weighted by molar-refractivity contribution is -0.137. The van der Waals surface area contributed by atoms with E-state index in [1.807, 2.05) is 18.2 Å². The summed E-state index contributed by atoms with van der Waals surface area (Å²) in [5, 5.41) is 0.572. The zero-order chi connectivity index (χ0) is 20.1. The molecule has 1 amide bonds. The maximum Gasteiger partial charge on any atom is 0.417 e. The van der Waals surface area contributed by atoms with Gasteiger partial charge in [-0.25, -0.2) is 4.98 Å². The van der Waals surface area contributed by atoms with Crippen molar-refractivity contribution < 1.29 is 22.7 Å². The first-order valence-corrected chi connectivity index (χ1v) is 9.12. The van der Waals surface area contributed by atoms with Crippen molar-refractivity contribution in [3.05, 3.63) is 64.8 Å². The van der Waals surface area contributed by atoms with Gasteiger partial charge in [0, 0.05) is 49.3 Å². The number of hydrogen-bond acceptors (Lipinski definition) is 3. The Morgan fingerprint density at radius 1 is 1.18 bits per heavy atom. The van der Waals surface area contributed by atoms with E-state index in [9.17, 15) is 18.0 Å². The largest absolute Gasteiger partial charge is 0.474 e. The molecule has 3 rings (SSSR count). The van der Waals surface area contributed by atoms with Crippen molar-refractivity contribution in [3.63, 3.8) is 0 Å². The second-order valence-electron chi connectivity index (χ2n) is 6.38. The van der Waals surface area contributed by atoms with Gasteiger partial charge in [0.05, 0.1) is 5.56 Å². The Kier molecular flexibility index (Phi) is 6.24. The summed E-state index contributed by atoms with van der Waals surface area (Å²) in [7, 11) is 0. The molecule has 0 aliphatic carbocycles. The summed E-state index contributed by atoms with van der Waals surface area (Å²) in [6.07, 6.45) is 0.463. The minimum atomic E-state index is -4.42. The molecule has 0 unspecified atom stereocenters. The molecule has 2 aromatic rings. The highest BCUT2D eigenvalue weighted by Crippen LogP contribution is 2.29. The van der Waals surface area contributed by atoms with Crippen molar-refractivity contribution in [2.75, 3.05) is 13.1 Å². The van der Waals surface area contributed by atoms with Crippen molar-refractivity contribution in [1.29, 1.82) is 0 Å². The Bertz CT molecular complexity index is 845. The molecule has 1 aromatic carbocycles. The molecule has 0 N–H and O–H groups in total. The molecule has 8 heteroatoms. The molecular formula is C20H18ClF3N2O2. The second kappa shape index (κ2) is 8.65. The number of carbonyl (C=O) groups is 1. The van der Waals surface area contributed by atoms with Gasteiger partial charge in [-0.15, -0.1) is 0 Å². The topological polar surface area (TPSA) is 42.4 Å². The number of ether oxygens (including phenoxy) is 1. The molecular weight excluding hydrogens is 393 g/mol. The molecule has 0 saturated carbocycles. The first kappa shape index (κ1) is 20.2. The van der Waals surface area contributed by atoms with Gasteiger partial charge >= 0.3 is 6.18 Å². The van der Waals surface area contributed by atoms with E-state index in [4.69, 9.17) is 16.3 Å². The Morgan fingerprint density at radius 3 is 2.50 bits per heavy atom. The Labute approximate surface area is 165 Å². The van der Waals surface area contributed by atoms with Crippen LogP contribution in [0.1, 0.15) is 24.0 Å².